The van der Waals surface area contributed by atoms with E-state index in [1.807, 2.05) is 18.2 Å². The molecule has 84 valence electrons. The predicted octanol–water partition coefficient (Wildman–Crippen LogP) is 3.29. The second-order valence-corrected chi connectivity index (χ2v) is 4.16. The number of rotatable bonds is 1. The van der Waals surface area contributed by atoms with Crippen molar-refractivity contribution in [2.75, 3.05) is 11.4 Å². The molecule has 17 heavy (non-hydrogen) atoms. The van der Waals surface area contributed by atoms with E-state index in [4.69, 9.17) is 11.6 Å². The van der Waals surface area contributed by atoms with E-state index in [1.165, 1.54) is 0 Å². The third-order valence-corrected chi connectivity index (χ3v) is 2.90. The van der Waals surface area contributed by atoms with Gasteiger partial charge in [-0.15, -0.1) is 0 Å². The van der Waals surface area contributed by atoms with Crippen LogP contribution in [0.3, 0.4) is 0 Å². The molecular formula is C13H10ClN3. The molecule has 0 atom stereocenters. The third kappa shape index (κ3) is 1.89. The first-order valence-corrected chi connectivity index (χ1v) is 5.73. The summed E-state index contributed by atoms with van der Waals surface area (Å²) >= 11 is 5.79. The number of aromatic nitrogens is 2. The summed E-state index contributed by atoms with van der Waals surface area (Å²) in [5.41, 5.74) is 2.12. The van der Waals surface area contributed by atoms with Crippen molar-refractivity contribution in [1.29, 1.82) is 0 Å². The molecule has 0 amide bonds. The van der Waals surface area contributed by atoms with Crippen molar-refractivity contribution in [3.05, 3.63) is 53.5 Å². The van der Waals surface area contributed by atoms with Gasteiger partial charge in [-0.05, 0) is 24.3 Å². The second-order valence-electron chi connectivity index (χ2n) is 3.77. The lowest BCUT2D eigenvalue weighted by Gasteiger charge is -2.26. The van der Waals surface area contributed by atoms with Gasteiger partial charge in [-0.1, -0.05) is 23.8 Å². The van der Waals surface area contributed by atoms with Crippen LogP contribution in [0.5, 0.6) is 0 Å². The lowest BCUT2D eigenvalue weighted by Crippen LogP contribution is -2.21. The van der Waals surface area contributed by atoms with Crippen molar-refractivity contribution < 1.29 is 0 Å². The van der Waals surface area contributed by atoms with Gasteiger partial charge in [0.15, 0.2) is 0 Å². The van der Waals surface area contributed by atoms with E-state index < -0.39 is 0 Å². The number of fused-ring (bicyclic) bond motifs is 1. The highest BCUT2D eigenvalue weighted by atomic mass is 35.5. The highest BCUT2D eigenvalue weighted by Crippen LogP contribution is 2.29. The summed E-state index contributed by atoms with van der Waals surface area (Å²) in [6.45, 7) is 0.799. The van der Waals surface area contributed by atoms with Gasteiger partial charge in [-0.25, -0.2) is 9.97 Å². The van der Waals surface area contributed by atoms with Gasteiger partial charge in [0.1, 0.15) is 11.0 Å². The van der Waals surface area contributed by atoms with Crippen LogP contribution < -0.4 is 4.90 Å². The summed E-state index contributed by atoms with van der Waals surface area (Å²) in [7, 11) is 0. The predicted molar refractivity (Wildman–Crippen MR) is 69.5 cm³/mol. The molecule has 4 heteroatoms. The highest BCUT2D eigenvalue weighted by Gasteiger charge is 2.15. The van der Waals surface area contributed by atoms with E-state index in [0.29, 0.717) is 5.15 Å². The van der Waals surface area contributed by atoms with Crippen LogP contribution in [0.1, 0.15) is 5.56 Å². The van der Waals surface area contributed by atoms with E-state index in [9.17, 15) is 0 Å². The van der Waals surface area contributed by atoms with Gasteiger partial charge in [0, 0.05) is 18.3 Å². The fourth-order valence-corrected chi connectivity index (χ4v) is 2.00. The molecular weight excluding hydrogens is 234 g/mol. The molecule has 0 unspecified atom stereocenters. The maximum Gasteiger partial charge on any atom is 0.140 e. The molecule has 0 aromatic carbocycles. The molecule has 0 fully saturated rings. The van der Waals surface area contributed by atoms with Crippen LogP contribution in [0.25, 0.3) is 6.08 Å². The first kappa shape index (κ1) is 10.3. The number of hydrogen-bond donors (Lipinski definition) is 0. The molecule has 0 radical (unpaired) electrons. The van der Waals surface area contributed by atoms with Gasteiger partial charge in [-0.3, -0.25) is 0 Å². The molecule has 1 aliphatic rings. The zero-order valence-corrected chi connectivity index (χ0v) is 9.80. The Labute approximate surface area is 104 Å². The number of nitrogens with zero attached hydrogens (tertiary/aromatic N) is 3. The van der Waals surface area contributed by atoms with Crippen LogP contribution in [0.15, 0.2) is 42.7 Å². The molecule has 0 spiro atoms. The topological polar surface area (TPSA) is 29.0 Å². The Bertz CT molecular complexity index is 563. The molecule has 1 aliphatic heterocycles. The fourth-order valence-electron chi connectivity index (χ4n) is 1.89. The Kier molecular flexibility index (Phi) is 2.53. The zero-order valence-electron chi connectivity index (χ0n) is 9.05. The summed E-state index contributed by atoms with van der Waals surface area (Å²) in [5.74, 6) is 0.958. The summed E-state index contributed by atoms with van der Waals surface area (Å²) in [6, 6.07) is 7.73. The maximum absolute atomic E-state index is 5.79. The number of halogens is 1. The third-order valence-electron chi connectivity index (χ3n) is 2.68. The van der Waals surface area contributed by atoms with Crippen molar-refractivity contribution in [3.8, 4) is 0 Å². The summed E-state index contributed by atoms with van der Waals surface area (Å²) in [6.07, 6.45) is 7.76. The Morgan fingerprint density at radius 1 is 1.18 bits per heavy atom. The second kappa shape index (κ2) is 4.18. The number of hydrogen-bond acceptors (Lipinski definition) is 3. The number of anilines is 2. The van der Waals surface area contributed by atoms with E-state index in [2.05, 4.69) is 27.0 Å². The smallest absolute Gasteiger partial charge is 0.140 e. The first-order chi connectivity index (χ1) is 8.34. The minimum Gasteiger partial charge on any atom is -0.321 e. The Balaban J connectivity index is 2.05. The zero-order chi connectivity index (χ0) is 11.7. The van der Waals surface area contributed by atoms with Crippen LogP contribution in [0.4, 0.5) is 11.5 Å². The first-order valence-electron chi connectivity index (χ1n) is 5.35. The molecule has 0 saturated carbocycles. The Morgan fingerprint density at radius 2 is 2.12 bits per heavy atom. The van der Waals surface area contributed by atoms with Crippen LogP contribution >= 0.6 is 11.6 Å². The van der Waals surface area contributed by atoms with Crippen molar-refractivity contribution in [3.63, 3.8) is 0 Å². The van der Waals surface area contributed by atoms with Crippen LogP contribution in [-0.4, -0.2) is 16.5 Å². The lowest BCUT2D eigenvalue weighted by atomic mass is 10.1. The molecule has 2 aromatic heterocycles. The van der Waals surface area contributed by atoms with Crippen molar-refractivity contribution in [1.82, 2.24) is 9.97 Å². The van der Waals surface area contributed by atoms with E-state index in [1.54, 1.807) is 18.5 Å². The quantitative estimate of drug-likeness (QED) is 0.720. The van der Waals surface area contributed by atoms with Crippen LogP contribution in [0, 0.1) is 0 Å². The highest BCUT2D eigenvalue weighted by molar-refractivity contribution is 6.29. The monoisotopic (exact) mass is 243 g/mol. The molecule has 0 bridgehead atoms. The lowest BCUT2D eigenvalue weighted by molar-refractivity contribution is 1.02. The minimum absolute atomic E-state index is 0.502. The maximum atomic E-state index is 5.79. The average molecular weight is 244 g/mol. The average Bonchev–Trinajstić information content (AvgIpc) is 2.39. The van der Waals surface area contributed by atoms with Gasteiger partial charge in [-0.2, -0.15) is 0 Å². The van der Waals surface area contributed by atoms with Crippen LogP contribution in [-0.2, 0) is 0 Å². The minimum atomic E-state index is 0.502. The van der Waals surface area contributed by atoms with E-state index >= 15 is 0 Å². The molecule has 0 saturated heterocycles. The van der Waals surface area contributed by atoms with Gasteiger partial charge < -0.3 is 4.90 Å². The number of pyridine rings is 2. The molecule has 0 aliphatic carbocycles. The molecule has 0 N–H and O–H groups in total. The van der Waals surface area contributed by atoms with Crippen molar-refractivity contribution in [2.45, 2.75) is 0 Å². The summed E-state index contributed by atoms with van der Waals surface area (Å²) in [4.78, 5) is 10.6. The summed E-state index contributed by atoms with van der Waals surface area (Å²) in [5, 5.41) is 0.502. The fraction of sp³-hybridized carbons (Fsp3) is 0.0769. The van der Waals surface area contributed by atoms with Gasteiger partial charge in [0.2, 0.25) is 0 Å². The Hall–Kier alpha value is -1.87. The van der Waals surface area contributed by atoms with E-state index in [-0.39, 0.29) is 0 Å². The molecule has 3 heterocycles. The normalized spacial score (nSPS) is 13.6. The SMILES string of the molecule is Clc1ccc(N2CC=Cc3cccnc32)cn1. The molecule has 2 aromatic rings. The van der Waals surface area contributed by atoms with Crippen molar-refractivity contribution in [2.24, 2.45) is 0 Å². The molecule has 3 rings (SSSR count). The Morgan fingerprint density at radius 3 is 2.94 bits per heavy atom. The largest absolute Gasteiger partial charge is 0.321 e. The molecule has 3 nitrogen and oxygen atoms in total. The van der Waals surface area contributed by atoms with E-state index in [0.717, 1.165) is 23.6 Å². The van der Waals surface area contributed by atoms with Crippen molar-refractivity contribution >= 4 is 29.2 Å². The standard InChI is InChI=1S/C13H10ClN3/c14-12-6-5-11(9-16-12)17-8-2-4-10-3-1-7-15-13(10)17/h1-7,9H,8H2. The summed E-state index contributed by atoms with van der Waals surface area (Å²) < 4.78 is 0. The van der Waals surface area contributed by atoms with Gasteiger partial charge in [0.25, 0.3) is 0 Å². The van der Waals surface area contributed by atoms with Crippen LogP contribution in [0.2, 0.25) is 5.15 Å². The van der Waals surface area contributed by atoms with Gasteiger partial charge in [0.05, 0.1) is 11.9 Å². The van der Waals surface area contributed by atoms with Gasteiger partial charge >= 0.3 is 0 Å².